The van der Waals surface area contributed by atoms with Gasteiger partial charge in [0.2, 0.25) is 5.91 Å². The number of ether oxygens (including phenoxy) is 1. The third-order valence-electron chi connectivity index (χ3n) is 2.38. The van der Waals surface area contributed by atoms with E-state index in [1.54, 1.807) is 7.11 Å². The van der Waals surface area contributed by atoms with Gasteiger partial charge in [0.15, 0.2) is 0 Å². The van der Waals surface area contributed by atoms with Crippen LogP contribution in [0.5, 0.6) is 5.75 Å². The average molecular weight is 242 g/mol. The maximum Gasteiger partial charge on any atom is 0.216 e. The van der Waals surface area contributed by atoms with Crippen LogP contribution in [-0.2, 0) is 11.2 Å². The van der Waals surface area contributed by atoms with Crippen molar-refractivity contribution < 1.29 is 9.53 Å². The molecule has 1 N–H and O–H groups in total. The first kappa shape index (κ1) is 12.8. The summed E-state index contributed by atoms with van der Waals surface area (Å²) in [6.07, 6.45) is 0.773. The molecule has 0 bridgehead atoms. The molecular formula is C12H16ClNO2. The van der Waals surface area contributed by atoms with Crippen LogP contribution >= 0.6 is 11.6 Å². The number of aryl methyl sites for hydroxylation is 1. The number of hydrogen-bond acceptors (Lipinski definition) is 2. The SMILES string of the molecule is COc1cc(C)c(CCNC(C)=O)cc1Cl. The first-order valence-electron chi connectivity index (χ1n) is 5.12. The van der Waals surface area contributed by atoms with Crippen LogP contribution in [0.15, 0.2) is 12.1 Å². The normalized spacial score (nSPS) is 10.0. The first-order valence-corrected chi connectivity index (χ1v) is 5.50. The molecular weight excluding hydrogens is 226 g/mol. The van der Waals surface area contributed by atoms with E-state index in [1.807, 2.05) is 19.1 Å². The van der Waals surface area contributed by atoms with Gasteiger partial charge in [-0.05, 0) is 36.6 Å². The third kappa shape index (κ3) is 3.42. The van der Waals surface area contributed by atoms with Crippen LogP contribution in [0.3, 0.4) is 0 Å². The summed E-state index contributed by atoms with van der Waals surface area (Å²) in [4.78, 5) is 10.7. The summed E-state index contributed by atoms with van der Waals surface area (Å²) < 4.78 is 5.12. The fourth-order valence-corrected chi connectivity index (χ4v) is 1.76. The van der Waals surface area contributed by atoms with E-state index in [0.29, 0.717) is 17.3 Å². The molecule has 1 amide bonds. The summed E-state index contributed by atoms with van der Waals surface area (Å²) >= 11 is 6.03. The van der Waals surface area contributed by atoms with Gasteiger partial charge in [0.25, 0.3) is 0 Å². The van der Waals surface area contributed by atoms with Crippen LogP contribution in [0.4, 0.5) is 0 Å². The third-order valence-corrected chi connectivity index (χ3v) is 2.67. The van der Waals surface area contributed by atoms with Crippen LogP contribution in [0.2, 0.25) is 5.02 Å². The molecule has 0 aromatic heterocycles. The topological polar surface area (TPSA) is 38.3 Å². The molecule has 0 spiro atoms. The second-order valence-electron chi connectivity index (χ2n) is 3.65. The van der Waals surface area contributed by atoms with E-state index in [9.17, 15) is 4.79 Å². The Morgan fingerprint density at radius 3 is 2.75 bits per heavy atom. The summed E-state index contributed by atoms with van der Waals surface area (Å²) in [5.74, 6) is 0.666. The van der Waals surface area contributed by atoms with E-state index in [-0.39, 0.29) is 5.91 Å². The average Bonchev–Trinajstić information content (AvgIpc) is 2.22. The van der Waals surface area contributed by atoms with Gasteiger partial charge in [-0.25, -0.2) is 0 Å². The number of carbonyl (C=O) groups is 1. The molecule has 0 aliphatic carbocycles. The Labute approximate surface area is 101 Å². The number of rotatable bonds is 4. The zero-order chi connectivity index (χ0) is 12.1. The van der Waals surface area contributed by atoms with E-state index in [4.69, 9.17) is 16.3 Å². The lowest BCUT2D eigenvalue weighted by Gasteiger charge is -2.10. The van der Waals surface area contributed by atoms with Crippen molar-refractivity contribution in [3.63, 3.8) is 0 Å². The minimum absolute atomic E-state index is 0.0164. The molecule has 0 atom stereocenters. The van der Waals surface area contributed by atoms with Gasteiger partial charge in [0.05, 0.1) is 12.1 Å². The predicted molar refractivity (Wildman–Crippen MR) is 65.1 cm³/mol. The van der Waals surface area contributed by atoms with Gasteiger partial charge in [-0.1, -0.05) is 11.6 Å². The highest BCUT2D eigenvalue weighted by molar-refractivity contribution is 6.32. The Bertz CT molecular complexity index is 391. The van der Waals surface area contributed by atoms with Gasteiger partial charge < -0.3 is 10.1 Å². The Kier molecular flexibility index (Phi) is 4.62. The van der Waals surface area contributed by atoms with Gasteiger partial charge in [-0.15, -0.1) is 0 Å². The van der Waals surface area contributed by atoms with Crippen LogP contribution in [0.1, 0.15) is 18.1 Å². The van der Waals surface area contributed by atoms with Crippen LogP contribution < -0.4 is 10.1 Å². The zero-order valence-corrected chi connectivity index (χ0v) is 10.5. The Hall–Kier alpha value is -1.22. The monoisotopic (exact) mass is 241 g/mol. The first-order chi connectivity index (χ1) is 7.54. The number of benzene rings is 1. The fourth-order valence-electron chi connectivity index (χ4n) is 1.50. The van der Waals surface area contributed by atoms with Gasteiger partial charge in [0, 0.05) is 13.5 Å². The molecule has 0 fully saturated rings. The van der Waals surface area contributed by atoms with Crippen LogP contribution in [0, 0.1) is 6.92 Å². The second-order valence-corrected chi connectivity index (χ2v) is 4.05. The van der Waals surface area contributed by atoms with Crippen LogP contribution in [-0.4, -0.2) is 19.6 Å². The van der Waals surface area contributed by atoms with Crippen molar-refractivity contribution in [3.05, 3.63) is 28.3 Å². The van der Waals surface area contributed by atoms with Crippen molar-refractivity contribution in [3.8, 4) is 5.75 Å². The molecule has 88 valence electrons. The van der Waals surface area contributed by atoms with Gasteiger partial charge >= 0.3 is 0 Å². The largest absolute Gasteiger partial charge is 0.495 e. The highest BCUT2D eigenvalue weighted by atomic mass is 35.5. The minimum atomic E-state index is -0.0164. The van der Waals surface area contributed by atoms with Gasteiger partial charge in [-0.3, -0.25) is 4.79 Å². The molecule has 4 heteroatoms. The Morgan fingerprint density at radius 2 is 2.19 bits per heavy atom. The minimum Gasteiger partial charge on any atom is -0.495 e. The number of nitrogens with one attached hydrogen (secondary N) is 1. The number of amides is 1. The van der Waals surface area contributed by atoms with Crippen molar-refractivity contribution in [1.82, 2.24) is 5.32 Å². The molecule has 0 heterocycles. The van der Waals surface area contributed by atoms with Crippen molar-refractivity contribution in [2.45, 2.75) is 20.3 Å². The fraction of sp³-hybridized carbons (Fsp3) is 0.417. The number of hydrogen-bond donors (Lipinski definition) is 1. The summed E-state index contributed by atoms with van der Waals surface area (Å²) in [6, 6.07) is 3.79. The van der Waals surface area contributed by atoms with Gasteiger partial charge in [-0.2, -0.15) is 0 Å². The van der Waals surface area contributed by atoms with E-state index >= 15 is 0 Å². The number of methoxy groups -OCH3 is 1. The maximum absolute atomic E-state index is 10.7. The lowest BCUT2D eigenvalue weighted by Crippen LogP contribution is -2.22. The molecule has 3 nitrogen and oxygen atoms in total. The van der Waals surface area contributed by atoms with E-state index < -0.39 is 0 Å². The molecule has 0 radical (unpaired) electrons. The van der Waals surface area contributed by atoms with Crippen molar-refractivity contribution in [2.24, 2.45) is 0 Å². The zero-order valence-electron chi connectivity index (χ0n) is 9.76. The van der Waals surface area contributed by atoms with Crippen LogP contribution in [0.25, 0.3) is 0 Å². The molecule has 1 rings (SSSR count). The number of halogens is 1. The molecule has 0 aliphatic rings. The molecule has 1 aromatic rings. The lowest BCUT2D eigenvalue weighted by molar-refractivity contribution is -0.118. The van der Waals surface area contributed by atoms with E-state index in [1.165, 1.54) is 6.92 Å². The lowest BCUT2D eigenvalue weighted by atomic mass is 10.1. The highest BCUT2D eigenvalue weighted by Gasteiger charge is 2.06. The Morgan fingerprint density at radius 1 is 1.50 bits per heavy atom. The number of carbonyl (C=O) groups excluding carboxylic acids is 1. The smallest absolute Gasteiger partial charge is 0.216 e. The van der Waals surface area contributed by atoms with Gasteiger partial charge in [0.1, 0.15) is 5.75 Å². The maximum atomic E-state index is 10.7. The van der Waals surface area contributed by atoms with Crippen molar-refractivity contribution in [2.75, 3.05) is 13.7 Å². The summed E-state index contributed by atoms with van der Waals surface area (Å²) in [5, 5.41) is 3.36. The summed E-state index contributed by atoms with van der Waals surface area (Å²) in [7, 11) is 1.59. The predicted octanol–water partition coefficient (Wildman–Crippen LogP) is 2.34. The standard InChI is InChI=1S/C12H16ClNO2/c1-8-6-12(16-3)11(13)7-10(8)4-5-14-9(2)15/h6-7H,4-5H2,1-3H3,(H,14,15). The molecule has 0 aliphatic heterocycles. The van der Waals surface area contributed by atoms with E-state index in [2.05, 4.69) is 5.32 Å². The molecule has 0 saturated carbocycles. The van der Waals surface area contributed by atoms with E-state index in [0.717, 1.165) is 17.5 Å². The summed E-state index contributed by atoms with van der Waals surface area (Å²) in [6.45, 7) is 4.13. The van der Waals surface area contributed by atoms with Crippen molar-refractivity contribution >= 4 is 17.5 Å². The molecule has 1 aromatic carbocycles. The Balaban J connectivity index is 2.73. The van der Waals surface area contributed by atoms with Crippen molar-refractivity contribution in [1.29, 1.82) is 0 Å². The second kappa shape index (κ2) is 5.75. The summed E-state index contributed by atoms with van der Waals surface area (Å²) in [5.41, 5.74) is 2.24. The molecule has 0 saturated heterocycles. The molecule has 0 unspecified atom stereocenters. The highest BCUT2D eigenvalue weighted by Crippen LogP contribution is 2.27. The molecule has 16 heavy (non-hydrogen) atoms. The quantitative estimate of drug-likeness (QED) is 0.879.